The molecule has 6 aliphatic rings. The second kappa shape index (κ2) is 18.4. The van der Waals surface area contributed by atoms with Gasteiger partial charge >= 0.3 is 5.69 Å². The van der Waals surface area contributed by atoms with Crippen LogP contribution in [-0.4, -0.2) is 135 Å². The number of carbonyl (C=O) groups excluding carboxylic acids is 3. The summed E-state index contributed by atoms with van der Waals surface area (Å²) in [6, 6.07) is 7.03. The largest absolute Gasteiger partial charge is 0.488 e. The number of aromatic nitrogens is 4. The predicted molar refractivity (Wildman–Crippen MR) is 233 cm³/mol. The fourth-order valence-electron chi connectivity index (χ4n) is 10.2. The number of aliphatic imine (C=N–C) groups is 1. The molecular weight excluding hydrogens is 831 g/mol. The molecule has 0 radical (unpaired) electrons. The standard InChI is InChI=1S/C44H56F2N12O6/c1-54-39-33(58(44(54)62)34-9-10-37(59)53-43(34)61)3-2-4-35(39)64-29-17-27(18-29)56-15-13-55(14-16-56)22-25-5-7-26(8-6-25)50-21-32(38(48)40(45)46)51-42(60)31(20-47)41-49-12-11-36(52-41)57-23-30-19-28(57)24-63-30/h2-4,11-12,20-21,25-30,34,40H,5-10,13-19,22-24,47-48H2,1H3,(H,51,60)(H,53,59,61)/b31-20+,38-32+,50-21?/t25?,26?,27?,28?,29?,30-,34?/m1/s1. The summed E-state index contributed by atoms with van der Waals surface area (Å²) >= 11 is 0. The molecule has 64 heavy (non-hydrogen) atoms. The number of piperidine rings is 1. The van der Waals surface area contributed by atoms with Crippen molar-refractivity contribution in [1.82, 2.24) is 39.5 Å². The molecule has 6 heterocycles. The van der Waals surface area contributed by atoms with Gasteiger partial charge in [0, 0.05) is 90.2 Å². The van der Waals surface area contributed by atoms with Crippen molar-refractivity contribution in [3.8, 4) is 5.75 Å². The van der Waals surface area contributed by atoms with E-state index in [-0.39, 0.29) is 65.8 Å². The van der Waals surface area contributed by atoms with E-state index in [2.05, 4.69) is 40.3 Å². The Kier molecular flexibility index (Phi) is 12.5. The Morgan fingerprint density at radius 2 is 1.84 bits per heavy atom. The predicted octanol–water partition coefficient (Wildman–Crippen LogP) is 1.79. The number of allylic oxidation sites excluding steroid dienone is 2. The number of hydrogen-bond acceptors (Lipinski definition) is 14. The van der Waals surface area contributed by atoms with Gasteiger partial charge in [-0.15, -0.1) is 0 Å². The molecule has 6 N–H and O–H groups in total. The number of ether oxygens (including phenoxy) is 2. The number of benzene rings is 1. The van der Waals surface area contributed by atoms with Crippen LogP contribution in [0.5, 0.6) is 5.75 Å². The molecule has 342 valence electrons. The van der Waals surface area contributed by atoms with E-state index in [1.807, 2.05) is 18.2 Å². The number of alkyl halides is 2. The Bertz CT molecular complexity index is 2410. The Morgan fingerprint density at radius 1 is 1.06 bits per heavy atom. The van der Waals surface area contributed by atoms with Crippen molar-refractivity contribution in [1.29, 1.82) is 0 Å². The summed E-state index contributed by atoms with van der Waals surface area (Å²) in [5.41, 5.74) is 11.4. The maximum atomic E-state index is 13.9. The van der Waals surface area contributed by atoms with Crippen LogP contribution in [0.2, 0.25) is 0 Å². The lowest BCUT2D eigenvalue weighted by molar-refractivity contribution is -0.135. The summed E-state index contributed by atoms with van der Waals surface area (Å²) in [5, 5.41) is 4.85. The summed E-state index contributed by atoms with van der Waals surface area (Å²) in [6.07, 6.45) is 7.60. The van der Waals surface area contributed by atoms with E-state index >= 15 is 0 Å². The number of piperazine rings is 1. The SMILES string of the molecule is Cn1c(=O)n(C2CCC(=O)NC2=O)c2cccc(OC3CC(N4CCN(CC5CCC(N=C/C(NC(=O)/C(=C/N)c6nccc(N7C[C@H]8CC7CO8)n6)=C(\N)C(F)F)CC5)CC4)C3)c21. The highest BCUT2D eigenvalue weighted by Gasteiger charge is 2.41. The molecule has 3 aromatic rings. The van der Waals surface area contributed by atoms with E-state index < -0.39 is 30.0 Å². The fraction of sp³-hybridized carbons (Fsp3) is 0.568. The molecule has 20 heteroatoms. The van der Waals surface area contributed by atoms with Crippen molar-refractivity contribution in [3.05, 3.63) is 64.4 Å². The maximum Gasteiger partial charge on any atom is 0.329 e. The Morgan fingerprint density at radius 3 is 2.53 bits per heavy atom. The number of anilines is 1. The molecule has 2 aliphatic carbocycles. The number of carbonyl (C=O) groups is 3. The monoisotopic (exact) mass is 886 g/mol. The first-order chi connectivity index (χ1) is 30.9. The normalized spacial score (nSPS) is 28.5. The summed E-state index contributed by atoms with van der Waals surface area (Å²) in [6.45, 7) is 6.16. The van der Waals surface area contributed by atoms with Gasteiger partial charge in [0.25, 0.3) is 12.3 Å². The lowest BCUT2D eigenvalue weighted by Crippen LogP contribution is -2.56. The number of fused-ring (bicyclic) bond motifs is 3. The number of para-hydroxylation sites is 1. The van der Waals surface area contributed by atoms with Gasteiger partial charge in [-0.2, -0.15) is 0 Å². The number of amides is 3. The molecule has 4 saturated heterocycles. The van der Waals surface area contributed by atoms with Crippen molar-refractivity contribution in [3.63, 3.8) is 0 Å². The first kappa shape index (κ1) is 43.5. The van der Waals surface area contributed by atoms with E-state index in [0.717, 1.165) is 83.9 Å². The van der Waals surface area contributed by atoms with Gasteiger partial charge in [-0.1, -0.05) is 6.07 Å². The highest BCUT2D eigenvalue weighted by Crippen LogP contribution is 2.36. The van der Waals surface area contributed by atoms with Crippen LogP contribution in [0.1, 0.15) is 69.7 Å². The highest BCUT2D eigenvalue weighted by atomic mass is 19.3. The summed E-state index contributed by atoms with van der Waals surface area (Å²) in [7, 11) is 1.68. The molecule has 4 aliphatic heterocycles. The van der Waals surface area contributed by atoms with E-state index in [9.17, 15) is 28.0 Å². The van der Waals surface area contributed by atoms with Crippen LogP contribution in [0.25, 0.3) is 16.6 Å². The lowest BCUT2D eigenvalue weighted by atomic mass is 9.85. The number of nitrogens with zero attached hydrogens (tertiary/aromatic N) is 8. The second-order valence-electron chi connectivity index (χ2n) is 17.9. The number of imidazole rings is 1. The second-order valence-corrected chi connectivity index (χ2v) is 17.9. The van der Waals surface area contributed by atoms with Crippen LogP contribution in [0.15, 0.2) is 57.8 Å². The third kappa shape index (κ3) is 8.86. The molecule has 6 fully saturated rings. The minimum atomic E-state index is -3.01. The van der Waals surface area contributed by atoms with Gasteiger partial charge in [-0.05, 0) is 62.6 Å². The van der Waals surface area contributed by atoms with Crippen LogP contribution in [-0.2, 0) is 26.2 Å². The third-order valence-corrected chi connectivity index (χ3v) is 13.9. The van der Waals surface area contributed by atoms with Gasteiger partial charge in [-0.3, -0.25) is 38.7 Å². The summed E-state index contributed by atoms with van der Waals surface area (Å²) in [5.74, 6) is 0.251. The summed E-state index contributed by atoms with van der Waals surface area (Å²) < 4.78 is 42.9. The number of halogens is 2. The first-order valence-corrected chi connectivity index (χ1v) is 22.4. The average Bonchev–Trinajstić information content (AvgIpc) is 3.99. The zero-order valence-corrected chi connectivity index (χ0v) is 35.9. The van der Waals surface area contributed by atoms with Crippen molar-refractivity contribution >= 4 is 46.4 Å². The van der Waals surface area contributed by atoms with E-state index in [0.29, 0.717) is 47.7 Å². The van der Waals surface area contributed by atoms with Crippen molar-refractivity contribution in [2.45, 2.75) is 101 Å². The minimum Gasteiger partial charge on any atom is -0.488 e. The van der Waals surface area contributed by atoms with Gasteiger partial charge in [0.05, 0.1) is 41.6 Å². The van der Waals surface area contributed by atoms with Crippen molar-refractivity contribution in [2.75, 3.05) is 50.8 Å². The average molecular weight is 887 g/mol. The van der Waals surface area contributed by atoms with Crippen molar-refractivity contribution in [2.24, 2.45) is 29.4 Å². The molecule has 2 saturated carbocycles. The molecule has 0 spiro atoms. The smallest absolute Gasteiger partial charge is 0.329 e. The zero-order chi connectivity index (χ0) is 44.6. The molecule has 2 aromatic heterocycles. The molecule has 3 amide bonds. The van der Waals surface area contributed by atoms with Gasteiger partial charge < -0.3 is 36.1 Å². The molecule has 9 rings (SSSR count). The van der Waals surface area contributed by atoms with E-state index in [1.54, 1.807) is 13.1 Å². The van der Waals surface area contributed by atoms with E-state index in [1.165, 1.54) is 21.5 Å². The number of aryl methyl sites for hydroxylation is 1. The fourth-order valence-corrected chi connectivity index (χ4v) is 10.2. The Hall–Kier alpha value is -5.73. The van der Waals surface area contributed by atoms with Crippen LogP contribution >= 0.6 is 0 Å². The molecular formula is C44H56F2N12O6. The van der Waals surface area contributed by atoms with E-state index in [4.69, 9.17) is 20.9 Å². The van der Waals surface area contributed by atoms with Crippen molar-refractivity contribution < 1.29 is 32.6 Å². The van der Waals surface area contributed by atoms with Crippen LogP contribution in [0.3, 0.4) is 0 Å². The third-order valence-electron chi connectivity index (χ3n) is 13.9. The molecule has 18 nitrogen and oxygen atoms in total. The Balaban J connectivity index is 0.725. The quantitative estimate of drug-likeness (QED) is 0.109. The minimum absolute atomic E-state index is 0.0129. The number of morpholine rings is 1. The number of rotatable bonds is 13. The van der Waals surface area contributed by atoms with Gasteiger partial charge in [0.15, 0.2) is 5.82 Å². The lowest BCUT2D eigenvalue weighted by Gasteiger charge is -2.46. The molecule has 2 bridgehead atoms. The van der Waals surface area contributed by atoms with Gasteiger partial charge in [-0.25, -0.2) is 23.5 Å². The van der Waals surface area contributed by atoms with Gasteiger partial charge in [0.2, 0.25) is 11.8 Å². The number of nitrogens with one attached hydrogen (secondary N) is 2. The first-order valence-electron chi connectivity index (χ1n) is 22.4. The molecule has 1 aromatic carbocycles. The number of imide groups is 1. The van der Waals surface area contributed by atoms with Gasteiger partial charge in [0.1, 0.15) is 34.9 Å². The number of hydrogen-bond donors (Lipinski definition) is 4. The summed E-state index contributed by atoms with van der Waals surface area (Å²) in [4.78, 5) is 71.7. The van der Waals surface area contributed by atoms with Crippen LogP contribution in [0, 0.1) is 5.92 Å². The highest BCUT2D eigenvalue weighted by molar-refractivity contribution is 6.19. The molecule has 3 atom stereocenters. The van der Waals surface area contributed by atoms with Crippen LogP contribution < -0.4 is 37.4 Å². The van der Waals surface area contributed by atoms with Crippen LogP contribution in [0.4, 0.5) is 14.6 Å². The maximum absolute atomic E-state index is 13.9. The zero-order valence-electron chi connectivity index (χ0n) is 35.9. The Labute approximate surface area is 368 Å². The number of nitrogens with two attached hydrogens (primary N) is 2. The molecule has 2 unspecified atom stereocenters. The topological polar surface area (TPSA) is 221 Å².